The molecule has 1 atom stereocenters. The number of nitriles is 1. The van der Waals surface area contributed by atoms with Crippen LogP contribution in [0.3, 0.4) is 0 Å². The Labute approximate surface area is 91.9 Å². The number of hydrogen-bond acceptors (Lipinski definition) is 2. The highest BCUT2D eigenvalue weighted by Crippen LogP contribution is 2.27. The van der Waals surface area contributed by atoms with Crippen molar-refractivity contribution in [3.63, 3.8) is 0 Å². The molecule has 0 aromatic heterocycles. The minimum atomic E-state index is -0.385. The molecule has 0 bridgehead atoms. The normalized spacial score (nSPS) is 12.1. The third kappa shape index (κ3) is 2.90. The highest BCUT2D eigenvalue weighted by atomic mass is 35.5. The Morgan fingerprint density at radius 3 is 2.93 bits per heavy atom. The summed E-state index contributed by atoms with van der Waals surface area (Å²) in [5, 5.41) is 8.98. The first-order valence-electron chi connectivity index (χ1n) is 4.09. The molecule has 0 N–H and O–H groups in total. The molecule has 0 aliphatic heterocycles. The van der Waals surface area contributed by atoms with E-state index in [1.807, 2.05) is 13.0 Å². The molecule has 1 aromatic carbocycles. The summed E-state index contributed by atoms with van der Waals surface area (Å²) in [6.45, 7) is 1.96. The van der Waals surface area contributed by atoms with Crippen molar-refractivity contribution < 1.29 is 4.39 Å². The van der Waals surface area contributed by atoms with E-state index in [0.717, 1.165) is 4.90 Å². The molecule has 0 amide bonds. The summed E-state index contributed by atoms with van der Waals surface area (Å²) >= 11 is 7.13. The summed E-state index contributed by atoms with van der Waals surface area (Å²) in [7, 11) is 0. The lowest BCUT2D eigenvalue weighted by Gasteiger charge is -2.08. The molecule has 4 heteroatoms. The van der Waals surface area contributed by atoms with Gasteiger partial charge in [-0.3, -0.25) is 0 Å². The number of alkyl halides is 1. The van der Waals surface area contributed by atoms with Crippen LogP contribution >= 0.6 is 23.4 Å². The molecule has 0 radical (unpaired) electrons. The Morgan fingerprint density at radius 1 is 1.64 bits per heavy atom. The molecule has 1 unspecified atom stereocenters. The SMILES string of the molecule is CC(CCl)Sc1ccc(F)cc1C#N. The van der Waals surface area contributed by atoms with E-state index >= 15 is 0 Å². The van der Waals surface area contributed by atoms with Crippen LogP contribution in [-0.2, 0) is 0 Å². The first-order valence-corrected chi connectivity index (χ1v) is 5.51. The fourth-order valence-electron chi connectivity index (χ4n) is 0.941. The van der Waals surface area contributed by atoms with Crippen LogP contribution in [0.5, 0.6) is 0 Å². The Bertz CT molecular complexity index is 362. The Kier molecular flexibility index (Phi) is 4.24. The van der Waals surface area contributed by atoms with Crippen molar-refractivity contribution in [2.24, 2.45) is 0 Å². The van der Waals surface area contributed by atoms with Gasteiger partial charge in [0.05, 0.1) is 5.56 Å². The second kappa shape index (κ2) is 5.23. The van der Waals surface area contributed by atoms with Crippen molar-refractivity contribution in [1.29, 1.82) is 5.26 Å². The lowest BCUT2D eigenvalue weighted by atomic mass is 10.2. The smallest absolute Gasteiger partial charge is 0.124 e. The van der Waals surface area contributed by atoms with Gasteiger partial charge in [-0.1, -0.05) is 6.92 Å². The van der Waals surface area contributed by atoms with Gasteiger partial charge in [0.2, 0.25) is 0 Å². The van der Waals surface area contributed by atoms with E-state index in [9.17, 15) is 4.39 Å². The molecule has 1 nitrogen and oxygen atoms in total. The van der Waals surface area contributed by atoms with Crippen molar-refractivity contribution in [3.8, 4) is 6.07 Å². The highest BCUT2D eigenvalue weighted by Gasteiger charge is 2.08. The lowest BCUT2D eigenvalue weighted by Crippen LogP contribution is -1.97. The van der Waals surface area contributed by atoms with E-state index in [0.29, 0.717) is 11.4 Å². The Balaban J connectivity index is 2.92. The molecule has 0 aliphatic carbocycles. The van der Waals surface area contributed by atoms with Crippen molar-refractivity contribution in [1.82, 2.24) is 0 Å². The average molecular weight is 230 g/mol. The van der Waals surface area contributed by atoms with Crippen molar-refractivity contribution in [2.75, 3.05) is 5.88 Å². The third-order valence-electron chi connectivity index (χ3n) is 1.61. The van der Waals surface area contributed by atoms with Crippen molar-refractivity contribution >= 4 is 23.4 Å². The summed E-state index contributed by atoms with van der Waals surface area (Å²) in [5.74, 6) is 0.122. The molecule has 0 saturated heterocycles. The van der Waals surface area contributed by atoms with Crippen LogP contribution < -0.4 is 0 Å². The predicted octanol–water partition coefficient (Wildman–Crippen LogP) is 3.42. The standard InChI is InChI=1S/C10H9ClFNS/c1-7(5-11)14-10-3-2-9(12)4-8(10)6-13/h2-4,7H,5H2,1H3. The average Bonchev–Trinajstić information content (AvgIpc) is 2.20. The minimum absolute atomic E-state index is 0.217. The number of hydrogen-bond donors (Lipinski definition) is 0. The molecule has 1 rings (SSSR count). The van der Waals surface area contributed by atoms with Gasteiger partial charge >= 0.3 is 0 Å². The Morgan fingerprint density at radius 2 is 2.36 bits per heavy atom. The van der Waals surface area contributed by atoms with Crippen LogP contribution in [0.4, 0.5) is 4.39 Å². The molecule has 0 heterocycles. The first-order chi connectivity index (χ1) is 6.67. The van der Waals surface area contributed by atoms with Gasteiger partial charge in [-0.2, -0.15) is 5.26 Å². The van der Waals surface area contributed by atoms with Gasteiger partial charge in [-0.25, -0.2) is 4.39 Å². The predicted molar refractivity (Wildman–Crippen MR) is 57.2 cm³/mol. The van der Waals surface area contributed by atoms with Gasteiger partial charge in [0, 0.05) is 16.0 Å². The van der Waals surface area contributed by atoms with E-state index in [2.05, 4.69) is 0 Å². The zero-order valence-corrected chi connectivity index (χ0v) is 9.20. The second-order valence-electron chi connectivity index (χ2n) is 2.84. The molecule has 0 fully saturated rings. The quantitative estimate of drug-likeness (QED) is 0.586. The largest absolute Gasteiger partial charge is 0.207 e. The second-order valence-corrected chi connectivity index (χ2v) is 4.62. The number of rotatable bonds is 3. The number of halogens is 2. The van der Waals surface area contributed by atoms with E-state index in [4.69, 9.17) is 16.9 Å². The third-order valence-corrected chi connectivity index (χ3v) is 3.43. The minimum Gasteiger partial charge on any atom is -0.207 e. The lowest BCUT2D eigenvalue weighted by molar-refractivity contribution is 0.626. The van der Waals surface area contributed by atoms with E-state index < -0.39 is 0 Å². The zero-order chi connectivity index (χ0) is 10.6. The number of nitrogens with zero attached hydrogens (tertiary/aromatic N) is 1. The zero-order valence-electron chi connectivity index (χ0n) is 7.63. The van der Waals surface area contributed by atoms with Gasteiger partial charge in [-0.15, -0.1) is 23.4 Å². The van der Waals surface area contributed by atoms with Gasteiger partial charge in [0.25, 0.3) is 0 Å². The van der Waals surface area contributed by atoms with Crippen LogP contribution in [0.25, 0.3) is 0 Å². The highest BCUT2D eigenvalue weighted by molar-refractivity contribution is 8.00. The van der Waals surface area contributed by atoms with E-state index in [1.54, 1.807) is 6.07 Å². The Hall–Kier alpha value is -0.720. The monoisotopic (exact) mass is 229 g/mol. The van der Waals surface area contributed by atoms with Crippen molar-refractivity contribution in [2.45, 2.75) is 17.1 Å². The van der Waals surface area contributed by atoms with Crippen LogP contribution in [0, 0.1) is 17.1 Å². The molecule has 1 aromatic rings. The number of benzene rings is 1. The fourth-order valence-corrected chi connectivity index (χ4v) is 2.00. The topological polar surface area (TPSA) is 23.8 Å². The summed E-state index contributed by atoms with van der Waals surface area (Å²) < 4.78 is 12.8. The maximum atomic E-state index is 12.8. The van der Waals surface area contributed by atoms with Crippen LogP contribution in [0.15, 0.2) is 23.1 Å². The molecule has 14 heavy (non-hydrogen) atoms. The summed E-state index contributed by atoms with van der Waals surface area (Å²) in [4.78, 5) is 0.780. The number of thioether (sulfide) groups is 1. The van der Waals surface area contributed by atoms with E-state index in [-0.39, 0.29) is 11.1 Å². The van der Waals surface area contributed by atoms with Crippen LogP contribution in [0.2, 0.25) is 0 Å². The maximum absolute atomic E-state index is 12.8. The van der Waals surface area contributed by atoms with Crippen molar-refractivity contribution in [3.05, 3.63) is 29.6 Å². The van der Waals surface area contributed by atoms with Gasteiger partial charge in [0.1, 0.15) is 11.9 Å². The summed E-state index contributed by atoms with van der Waals surface area (Å²) in [5.41, 5.74) is 0.368. The summed E-state index contributed by atoms with van der Waals surface area (Å²) in [6, 6.07) is 6.17. The first kappa shape index (κ1) is 11.4. The molecule has 0 spiro atoms. The molecule has 74 valence electrons. The van der Waals surface area contributed by atoms with Gasteiger partial charge in [-0.05, 0) is 18.2 Å². The van der Waals surface area contributed by atoms with Gasteiger partial charge < -0.3 is 0 Å². The summed E-state index contributed by atoms with van der Waals surface area (Å²) in [6.07, 6.45) is 0. The fraction of sp³-hybridized carbons (Fsp3) is 0.300. The van der Waals surface area contributed by atoms with E-state index in [1.165, 1.54) is 23.9 Å². The molecule has 0 aliphatic rings. The molecular formula is C10H9ClFNS. The molecule has 0 saturated carbocycles. The maximum Gasteiger partial charge on any atom is 0.124 e. The van der Waals surface area contributed by atoms with Gasteiger partial charge in [0.15, 0.2) is 0 Å². The van der Waals surface area contributed by atoms with Crippen LogP contribution in [0.1, 0.15) is 12.5 Å². The van der Waals surface area contributed by atoms with Crippen LogP contribution in [-0.4, -0.2) is 11.1 Å². The molecular weight excluding hydrogens is 221 g/mol.